The number of nitro groups is 1. The van der Waals surface area contributed by atoms with Crippen LogP contribution in [0.25, 0.3) is 0 Å². The quantitative estimate of drug-likeness (QED) is 0.336. The Balaban J connectivity index is 0.000000791. The molecule has 6 heteroatoms. The van der Waals surface area contributed by atoms with Crippen molar-refractivity contribution in [2.45, 2.75) is 0 Å². The van der Waals surface area contributed by atoms with Gasteiger partial charge < -0.3 is 4.74 Å². The van der Waals surface area contributed by atoms with Gasteiger partial charge in [-0.3, -0.25) is 14.9 Å². The maximum Gasteiger partial charge on any atom is 0.298 e. The molecule has 0 aliphatic heterocycles. The van der Waals surface area contributed by atoms with Gasteiger partial charge in [-0.05, 0) is 6.07 Å². The second-order valence-electron chi connectivity index (χ2n) is 1.97. The van der Waals surface area contributed by atoms with Crippen molar-refractivity contribution in [2.24, 2.45) is 0 Å². The SMILES string of the molecule is CCl.O=COc1cccc([N+](=O)[O-])c1. The van der Waals surface area contributed by atoms with Crippen molar-refractivity contribution >= 4 is 23.8 Å². The van der Waals surface area contributed by atoms with E-state index >= 15 is 0 Å². The van der Waals surface area contributed by atoms with E-state index in [2.05, 4.69) is 16.3 Å². The van der Waals surface area contributed by atoms with Crippen molar-refractivity contribution in [2.75, 3.05) is 6.38 Å². The Morgan fingerprint density at radius 3 is 2.64 bits per heavy atom. The second kappa shape index (κ2) is 6.85. The Kier molecular flexibility index (Phi) is 6.06. The molecule has 0 atom stereocenters. The van der Waals surface area contributed by atoms with Crippen LogP contribution < -0.4 is 4.74 Å². The van der Waals surface area contributed by atoms with Crippen LogP contribution in [0.4, 0.5) is 5.69 Å². The van der Waals surface area contributed by atoms with Crippen LogP contribution in [0.5, 0.6) is 5.75 Å². The highest BCUT2D eigenvalue weighted by Crippen LogP contribution is 2.18. The van der Waals surface area contributed by atoms with E-state index in [0.29, 0.717) is 0 Å². The molecule has 14 heavy (non-hydrogen) atoms. The van der Waals surface area contributed by atoms with Crippen LogP contribution in [-0.2, 0) is 4.79 Å². The lowest BCUT2D eigenvalue weighted by Gasteiger charge is -1.95. The zero-order valence-electron chi connectivity index (χ0n) is 7.34. The Hall–Kier alpha value is -1.62. The number of non-ortho nitro benzene ring substituents is 1. The molecule has 1 aromatic rings. The summed E-state index contributed by atoms with van der Waals surface area (Å²) in [6.45, 7) is 0.221. The van der Waals surface area contributed by atoms with Crippen LogP contribution >= 0.6 is 11.6 Å². The van der Waals surface area contributed by atoms with E-state index in [9.17, 15) is 14.9 Å². The summed E-state index contributed by atoms with van der Waals surface area (Å²) in [6, 6.07) is 5.39. The maximum absolute atomic E-state index is 10.2. The number of nitro benzene ring substituents is 1. The predicted molar refractivity (Wildman–Crippen MR) is 51.6 cm³/mol. The average molecular weight is 218 g/mol. The molecular formula is C8H8ClNO4. The highest BCUT2D eigenvalue weighted by atomic mass is 35.5. The smallest absolute Gasteiger partial charge is 0.298 e. The summed E-state index contributed by atoms with van der Waals surface area (Å²) in [7, 11) is 0. The number of rotatable bonds is 3. The van der Waals surface area contributed by atoms with Gasteiger partial charge in [-0.1, -0.05) is 6.07 Å². The summed E-state index contributed by atoms with van der Waals surface area (Å²) in [5.41, 5.74) is -0.102. The van der Waals surface area contributed by atoms with Crippen LogP contribution in [0, 0.1) is 10.1 Å². The summed E-state index contributed by atoms with van der Waals surface area (Å²) in [5.74, 6) is 0.166. The molecular weight excluding hydrogens is 210 g/mol. The predicted octanol–water partition coefficient (Wildman–Crippen LogP) is 1.98. The summed E-state index contributed by atoms with van der Waals surface area (Å²) in [6.07, 6.45) is 1.47. The lowest BCUT2D eigenvalue weighted by Crippen LogP contribution is -1.91. The van der Waals surface area contributed by atoms with E-state index < -0.39 is 4.92 Å². The van der Waals surface area contributed by atoms with Crippen LogP contribution in [0.2, 0.25) is 0 Å². The van der Waals surface area contributed by atoms with E-state index in [1.165, 1.54) is 30.6 Å². The van der Waals surface area contributed by atoms with Crippen molar-refractivity contribution in [1.29, 1.82) is 0 Å². The molecule has 0 aliphatic carbocycles. The summed E-state index contributed by atoms with van der Waals surface area (Å²) < 4.78 is 4.41. The third-order valence-electron chi connectivity index (χ3n) is 1.21. The summed E-state index contributed by atoms with van der Waals surface area (Å²) >= 11 is 4.64. The second-order valence-corrected chi connectivity index (χ2v) is 1.97. The molecule has 0 spiro atoms. The van der Waals surface area contributed by atoms with Crippen LogP contribution in [0.15, 0.2) is 24.3 Å². The number of carbonyl (C=O) groups excluding carboxylic acids is 1. The minimum atomic E-state index is -0.558. The Morgan fingerprint density at radius 2 is 2.14 bits per heavy atom. The fourth-order valence-corrected chi connectivity index (χ4v) is 0.726. The number of hydrogen-bond donors (Lipinski definition) is 0. The molecule has 0 saturated carbocycles. The minimum absolute atomic E-state index is 0.102. The minimum Gasteiger partial charge on any atom is -0.428 e. The van der Waals surface area contributed by atoms with Gasteiger partial charge in [0.25, 0.3) is 12.2 Å². The molecule has 76 valence electrons. The maximum atomic E-state index is 10.2. The number of benzene rings is 1. The first-order valence-corrected chi connectivity index (χ1v) is 4.22. The first-order chi connectivity index (χ1) is 6.74. The number of ether oxygens (including phenoxy) is 1. The Morgan fingerprint density at radius 1 is 1.50 bits per heavy atom. The molecule has 0 aromatic heterocycles. The van der Waals surface area contributed by atoms with Crippen molar-refractivity contribution in [3.05, 3.63) is 34.4 Å². The van der Waals surface area contributed by atoms with Crippen LogP contribution in [-0.4, -0.2) is 17.8 Å². The van der Waals surface area contributed by atoms with Gasteiger partial charge in [-0.15, -0.1) is 11.6 Å². The first kappa shape index (κ1) is 12.4. The third-order valence-corrected chi connectivity index (χ3v) is 1.21. The zero-order valence-corrected chi connectivity index (χ0v) is 8.10. The molecule has 0 amide bonds. The molecule has 0 bridgehead atoms. The van der Waals surface area contributed by atoms with Crippen LogP contribution in [0.3, 0.4) is 0 Å². The van der Waals surface area contributed by atoms with Crippen molar-refractivity contribution < 1.29 is 14.5 Å². The first-order valence-electron chi connectivity index (χ1n) is 3.46. The van der Waals surface area contributed by atoms with Gasteiger partial charge in [-0.25, -0.2) is 0 Å². The summed E-state index contributed by atoms with van der Waals surface area (Å²) in [5, 5.41) is 10.2. The van der Waals surface area contributed by atoms with Gasteiger partial charge in [0.2, 0.25) is 0 Å². The molecule has 5 nitrogen and oxygen atoms in total. The highest BCUT2D eigenvalue weighted by Gasteiger charge is 2.05. The van der Waals surface area contributed by atoms with Crippen molar-refractivity contribution in [3.63, 3.8) is 0 Å². The van der Waals surface area contributed by atoms with Gasteiger partial charge in [0.15, 0.2) is 0 Å². The highest BCUT2D eigenvalue weighted by molar-refractivity contribution is 6.15. The van der Waals surface area contributed by atoms with Gasteiger partial charge in [-0.2, -0.15) is 0 Å². The van der Waals surface area contributed by atoms with E-state index in [0.717, 1.165) is 0 Å². The normalized spacial score (nSPS) is 8.14. The molecule has 1 rings (SSSR count). The van der Waals surface area contributed by atoms with Gasteiger partial charge in [0.1, 0.15) is 5.75 Å². The molecule has 1 aromatic carbocycles. The Bertz CT molecular complexity index is 316. The fourth-order valence-electron chi connectivity index (χ4n) is 0.726. The van der Waals surface area contributed by atoms with Gasteiger partial charge >= 0.3 is 0 Å². The topological polar surface area (TPSA) is 69.4 Å². The fraction of sp³-hybridized carbons (Fsp3) is 0.125. The molecule has 0 heterocycles. The largest absolute Gasteiger partial charge is 0.428 e. The summed E-state index contributed by atoms with van der Waals surface area (Å²) in [4.78, 5) is 19.5. The number of carbonyl (C=O) groups is 1. The zero-order chi connectivity index (χ0) is 11.0. The van der Waals surface area contributed by atoms with E-state index in [1.54, 1.807) is 0 Å². The molecule has 0 N–H and O–H groups in total. The number of hydrogen-bond acceptors (Lipinski definition) is 4. The number of halogens is 1. The molecule has 0 unspecified atom stereocenters. The van der Waals surface area contributed by atoms with E-state index in [-0.39, 0.29) is 17.9 Å². The molecule has 0 aliphatic rings. The lowest BCUT2D eigenvalue weighted by molar-refractivity contribution is -0.384. The third kappa shape index (κ3) is 3.86. The Labute approximate surface area is 85.4 Å². The lowest BCUT2D eigenvalue weighted by atomic mass is 10.3. The standard InChI is InChI=1S/C7H5NO4.CH3Cl/c9-5-12-7-3-1-2-6(4-7)8(10)11;1-2/h1-5H;1H3. The molecule has 0 saturated heterocycles. The van der Waals surface area contributed by atoms with E-state index in [4.69, 9.17) is 0 Å². The number of alkyl halides is 1. The van der Waals surface area contributed by atoms with Crippen LogP contribution in [0.1, 0.15) is 0 Å². The average Bonchev–Trinajstić information content (AvgIpc) is 2.22. The van der Waals surface area contributed by atoms with Gasteiger partial charge in [0.05, 0.1) is 11.0 Å². The van der Waals surface area contributed by atoms with E-state index in [1.807, 2.05) is 0 Å². The number of nitrogens with zero attached hydrogens (tertiary/aromatic N) is 1. The molecule has 0 fully saturated rings. The van der Waals surface area contributed by atoms with Gasteiger partial charge in [0, 0.05) is 12.4 Å². The van der Waals surface area contributed by atoms with Crippen molar-refractivity contribution in [3.8, 4) is 5.75 Å². The monoisotopic (exact) mass is 217 g/mol. The van der Waals surface area contributed by atoms with Crippen molar-refractivity contribution in [1.82, 2.24) is 0 Å². The molecule has 0 radical (unpaired) electrons.